The molecule has 2 rings (SSSR count). The molecule has 1 unspecified atom stereocenters. The van der Waals surface area contributed by atoms with E-state index < -0.39 is 6.61 Å². The fraction of sp³-hybridized carbons (Fsp3) is 0.278. The minimum absolute atomic E-state index is 0. The number of rotatable bonds is 7. The Morgan fingerprint density at radius 3 is 2.28 bits per heavy atom. The number of ether oxygens (including phenoxy) is 1. The molecule has 0 heterocycles. The maximum Gasteiger partial charge on any atom is 0.387 e. The van der Waals surface area contributed by atoms with Crippen LogP contribution in [-0.4, -0.2) is 24.5 Å². The van der Waals surface area contributed by atoms with Gasteiger partial charge in [-0.15, -0.1) is 12.4 Å². The van der Waals surface area contributed by atoms with Crippen LogP contribution in [0, 0.1) is 0 Å². The second kappa shape index (κ2) is 9.96. The molecule has 0 aliphatic carbocycles. The Hall–Kier alpha value is -2.18. The number of carbonyl (C=O) groups excluding carboxylic acids is 1. The molecule has 2 aromatic carbocycles. The van der Waals surface area contributed by atoms with Gasteiger partial charge in [0.2, 0.25) is 5.91 Å². The maximum absolute atomic E-state index is 12.3. The van der Waals surface area contributed by atoms with E-state index in [9.17, 15) is 13.6 Å². The lowest BCUT2D eigenvalue weighted by molar-refractivity contribution is -0.130. The van der Waals surface area contributed by atoms with Gasteiger partial charge >= 0.3 is 6.61 Å². The Kier molecular flexibility index (Phi) is 8.31. The van der Waals surface area contributed by atoms with Gasteiger partial charge in [-0.3, -0.25) is 4.79 Å². The summed E-state index contributed by atoms with van der Waals surface area (Å²) < 4.78 is 28.5. The number of halogens is 3. The van der Waals surface area contributed by atoms with Crippen LogP contribution in [0.3, 0.4) is 0 Å². The summed E-state index contributed by atoms with van der Waals surface area (Å²) in [4.78, 5) is 13.8. The van der Waals surface area contributed by atoms with E-state index in [1.54, 1.807) is 24.1 Å². The van der Waals surface area contributed by atoms with Gasteiger partial charge < -0.3 is 15.4 Å². The van der Waals surface area contributed by atoms with Crippen LogP contribution in [0.1, 0.15) is 23.6 Å². The highest BCUT2D eigenvalue weighted by Crippen LogP contribution is 2.18. The van der Waals surface area contributed by atoms with Gasteiger partial charge in [0.25, 0.3) is 0 Å². The summed E-state index contributed by atoms with van der Waals surface area (Å²) >= 11 is 0. The summed E-state index contributed by atoms with van der Waals surface area (Å²) in [5.41, 5.74) is 7.79. The van der Waals surface area contributed by atoms with E-state index in [1.165, 1.54) is 12.1 Å². The molecular weight excluding hydrogens is 350 g/mol. The summed E-state index contributed by atoms with van der Waals surface area (Å²) in [6.45, 7) is -2.48. The van der Waals surface area contributed by atoms with Crippen LogP contribution < -0.4 is 10.5 Å². The van der Waals surface area contributed by atoms with Gasteiger partial charge in [-0.05, 0) is 23.3 Å². The van der Waals surface area contributed by atoms with E-state index in [1.807, 2.05) is 30.3 Å². The molecule has 0 saturated heterocycles. The zero-order valence-electron chi connectivity index (χ0n) is 13.8. The van der Waals surface area contributed by atoms with Crippen molar-refractivity contribution in [2.75, 3.05) is 7.05 Å². The normalized spacial score (nSPS) is 11.6. The first-order valence-electron chi connectivity index (χ1n) is 7.54. The number of hydrogen-bond donors (Lipinski definition) is 1. The molecule has 0 aliphatic heterocycles. The van der Waals surface area contributed by atoms with E-state index >= 15 is 0 Å². The number of benzene rings is 2. The highest BCUT2D eigenvalue weighted by molar-refractivity contribution is 5.85. The molecule has 25 heavy (non-hydrogen) atoms. The number of hydrogen-bond acceptors (Lipinski definition) is 3. The lowest BCUT2D eigenvalue weighted by Crippen LogP contribution is -2.29. The Balaban J connectivity index is 0.00000312. The predicted octanol–water partition coefficient (Wildman–Crippen LogP) is 3.76. The summed E-state index contributed by atoms with van der Waals surface area (Å²) in [6.07, 6.45) is 0.201. The van der Waals surface area contributed by atoms with Gasteiger partial charge in [0.05, 0.1) is 0 Å². The smallest absolute Gasteiger partial charge is 0.387 e. The van der Waals surface area contributed by atoms with E-state index in [2.05, 4.69) is 4.74 Å². The molecule has 0 spiro atoms. The van der Waals surface area contributed by atoms with Crippen LogP contribution in [0.4, 0.5) is 8.78 Å². The fourth-order valence-electron chi connectivity index (χ4n) is 2.30. The van der Waals surface area contributed by atoms with Crippen molar-refractivity contribution in [1.82, 2.24) is 4.90 Å². The van der Waals surface area contributed by atoms with Crippen molar-refractivity contribution in [3.05, 3.63) is 65.7 Å². The van der Waals surface area contributed by atoms with Crippen molar-refractivity contribution >= 4 is 18.3 Å². The van der Waals surface area contributed by atoms with Gasteiger partial charge in [-0.25, -0.2) is 0 Å². The maximum atomic E-state index is 12.3. The number of carbonyl (C=O) groups is 1. The summed E-state index contributed by atoms with van der Waals surface area (Å²) in [5, 5.41) is 0. The molecule has 4 nitrogen and oxygen atoms in total. The second-order valence-corrected chi connectivity index (χ2v) is 5.49. The standard InChI is InChI=1S/C18H20F2N2O2.ClH/c1-22(12-13-7-9-15(10-8-13)24-18(19)20)17(23)11-16(21)14-5-3-2-4-6-14;/h2-10,16,18H,11-12,21H2,1H3;1H. The third-order valence-electron chi connectivity index (χ3n) is 3.62. The highest BCUT2D eigenvalue weighted by Gasteiger charge is 2.15. The van der Waals surface area contributed by atoms with Crippen LogP contribution in [0.25, 0.3) is 0 Å². The molecule has 1 atom stereocenters. The first-order chi connectivity index (χ1) is 11.5. The number of amides is 1. The third-order valence-corrected chi connectivity index (χ3v) is 3.62. The minimum atomic E-state index is -2.85. The van der Waals surface area contributed by atoms with Crippen LogP contribution in [-0.2, 0) is 11.3 Å². The van der Waals surface area contributed by atoms with Gasteiger partial charge in [-0.1, -0.05) is 42.5 Å². The molecule has 7 heteroatoms. The first-order valence-corrected chi connectivity index (χ1v) is 7.54. The SMILES string of the molecule is CN(Cc1ccc(OC(F)F)cc1)C(=O)CC(N)c1ccccc1.Cl. The number of nitrogens with zero attached hydrogens (tertiary/aromatic N) is 1. The van der Waals surface area contributed by atoms with E-state index in [-0.39, 0.29) is 36.5 Å². The molecule has 0 aromatic heterocycles. The zero-order chi connectivity index (χ0) is 17.5. The summed E-state index contributed by atoms with van der Waals surface area (Å²) in [6, 6.07) is 15.3. The van der Waals surface area contributed by atoms with Crippen LogP contribution >= 0.6 is 12.4 Å². The van der Waals surface area contributed by atoms with Crippen molar-refractivity contribution in [3.8, 4) is 5.75 Å². The molecule has 0 fully saturated rings. The van der Waals surface area contributed by atoms with Crippen molar-refractivity contribution < 1.29 is 18.3 Å². The molecule has 0 bridgehead atoms. The Bertz CT molecular complexity index is 654. The van der Waals surface area contributed by atoms with Gasteiger partial charge in [0, 0.05) is 26.1 Å². The first kappa shape index (κ1) is 20.9. The number of alkyl halides is 2. The average molecular weight is 371 g/mol. The van der Waals surface area contributed by atoms with Crippen LogP contribution in [0.2, 0.25) is 0 Å². The van der Waals surface area contributed by atoms with Crippen molar-refractivity contribution in [3.63, 3.8) is 0 Å². The molecule has 2 aromatic rings. The number of nitrogens with two attached hydrogens (primary N) is 1. The second-order valence-electron chi connectivity index (χ2n) is 5.49. The van der Waals surface area contributed by atoms with Crippen molar-refractivity contribution in [2.45, 2.75) is 25.6 Å². The van der Waals surface area contributed by atoms with Gasteiger partial charge in [0.15, 0.2) is 0 Å². The van der Waals surface area contributed by atoms with Gasteiger partial charge in [0.1, 0.15) is 5.75 Å². The minimum Gasteiger partial charge on any atom is -0.435 e. The Morgan fingerprint density at radius 2 is 1.72 bits per heavy atom. The van der Waals surface area contributed by atoms with Crippen molar-refractivity contribution in [2.24, 2.45) is 5.73 Å². The molecule has 2 N–H and O–H groups in total. The van der Waals surface area contributed by atoms with Crippen LogP contribution in [0.5, 0.6) is 5.75 Å². The Labute approximate surface area is 152 Å². The molecule has 0 aliphatic rings. The van der Waals surface area contributed by atoms with E-state index in [4.69, 9.17) is 5.73 Å². The fourth-order valence-corrected chi connectivity index (χ4v) is 2.30. The van der Waals surface area contributed by atoms with Crippen LogP contribution in [0.15, 0.2) is 54.6 Å². The average Bonchev–Trinajstić information content (AvgIpc) is 2.56. The lowest BCUT2D eigenvalue weighted by atomic mass is 10.0. The van der Waals surface area contributed by atoms with Gasteiger partial charge in [-0.2, -0.15) is 8.78 Å². The molecule has 1 amide bonds. The topological polar surface area (TPSA) is 55.6 Å². The lowest BCUT2D eigenvalue weighted by Gasteiger charge is -2.20. The summed E-state index contributed by atoms with van der Waals surface area (Å²) in [5.74, 6) is 0.00749. The zero-order valence-corrected chi connectivity index (χ0v) is 14.6. The molecular formula is C18H21ClF2N2O2. The third kappa shape index (κ3) is 6.68. The Morgan fingerprint density at radius 1 is 1.12 bits per heavy atom. The monoisotopic (exact) mass is 370 g/mol. The van der Waals surface area contributed by atoms with E-state index in [0.717, 1.165) is 11.1 Å². The summed E-state index contributed by atoms with van der Waals surface area (Å²) in [7, 11) is 1.68. The predicted molar refractivity (Wildman–Crippen MR) is 94.8 cm³/mol. The molecule has 0 radical (unpaired) electrons. The molecule has 0 saturated carbocycles. The van der Waals surface area contributed by atoms with E-state index in [0.29, 0.717) is 6.54 Å². The largest absolute Gasteiger partial charge is 0.435 e. The molecule has 136 valence electrons. The highest BCUT2D eigenvalue weighted by atomic mass is 35.5. The van der Waals surface area contributed by atoms with Crippen molar-refractivity contribution in [1.29, 1.82) is 0 Å². The quantitative estimate of drug-likeness (QED) is 0.807.